The van der Waals surface area contributed by atoms with Gasteiger partial charge in [-0.1, -0.05) is 37.3 Å². The molecule has 1 N–H and O–H groups in total. The molecular weight excluding hydrogens is 290 g/mol. The Morgan fingerprint density at radius 2 is 1.83 bits per heavy atom. The van der Waals surface area contributed by atoms with Gasteiger partial charge >= 0.3 is 0 Å². The van der Waals surface area contributed by atoms with Crippen LogP contribution in [0.15, 0.2) is 42.7 Å². The number of hydrogen-bond acceptors (Lipinski definition) is 2. The lowest BCUT2D eigenvalue weighted by Crippen LogP contribution is -2.33. The van der Waals surface area contributed by atoms with Gasteiger partial charge in [-0.15, -0.1) is 0 Å². The summed E-state index contributed by atoms with van der Waals surface area (Å²) in [5.41, 5.74) is 2.85. The van der Waals surface area contributed by atoms with E-state index in [9.17, 15) is 9.59 Å². The van der Waals surface area contributed by atoms with E-state index in [1.807, 2.05) is 31.3 Å². The maximum atomic E-state index is 12.7. The van der Waals surface area contributed by atoms with Crippen LogP contribution in [0.25, 0.3) is 0 Å². The Balaban J connectivity index is 1.72. The minimum Gasteiger partial charge on any atom is -0.367 e. The van der Waals surface area contributed by atoms with Crippen molar-refractivity contribution in [2.75, 3.05) is 19.8 Å². The molecule has 0 radical (unpaired) electrons. The van der Waals surface area contributed by atoms with E-state index in [1.165, 1.54) is 5.56 Å². The van der Waals surface area contributed by atoms with Crippen molar-refractivity contribution in [3.8, 4) is 0 Å². The van der Waals surface area contributed by atoms with Crippen molar-refractivity contribution in [3.63, 3.8) is 0 Å². The van der Waals surface area contributed by atoms with Gasteiger partial charge in [0, 0.05) is 31.9 Å². The van der Waals surface area contributed by atoms with Crippen molar-refractivity contribution >= 4 is 11.8 Å². The third-order valence-corrected chi connectivity index (χ3v) is 4.22. The van der Waals surface area contributed by atoms with Gasteiger partial charge in [0.1, 0.15) is 0 Å². The van der Waals surface area contributed by atoms with Gasteiger partial charge in [-0.25, -0.2) is 0 Å². The van der Waals surface area contributed by atoms with E-state index in [0.717, 1.165) is 12.0 Å². The molecule has 2 amide bonds. The zero-order valence-corrected chi connectivity index (χ0v) is 13.3. The quantitative estimate of drug-likeness (QED) is 0.941. The average molecular weight is 311 g/mol. The van der Waals surface area contributed by atoms with Gasteiger partial charge in [0.25, 0.3) is 5.91 Å². The Kier molecular flexibility index (Phi) is 4.46. The number of rotatable bonds is 4. The van der Waals surface area contributed by atoms with Crippen molar-refractivity contribution in [3.05, 3.63) is 59.4 Å². The van der Waals surface area contributed by atoms with Crippen molar-refractivity contribution in [2.24, 2.45) is 0 Å². The molecule has 0 saturated carbocycles. The van der Waals surface area contributed by atoms with Crippen LogP contribution in [0.2, 0.25) is 0 Å². The van der Waals surface area contributed by atoms with Crippen LogP contribution >= 0.6 is 0 Å². The summed E-state index contributed by atoms with van der Waals surface area (Å²) in [6.45, 7) is 3.45. The Morgan fingerprint density at radius 1 is 1.09 bits per heavy atom. The van der Waals surface area contributed by atoms with Crippen molar-refractivity contribution < 1.29 is 9.59 Å². The lowest BCUT2D eigenvalue weighted by atomic mass is 10.0. The fraction of sp³-hybridized carbons (Fsp3) is 0.333. The number of nitrogens with zero attached hydrogens (tertiary/aromatic N) is 2. The van der Waals surface area contributed by atoms with Crippen LogP contribution in [-0.4, -0.2) is 46.4 Å². The lowest BCUT2D eigenvalue weighted by Gasteiger charge is -2.18. The zero-order chi connectivity index (χ0) is 16.2. The monoisotopic (exact) mass is 311 g/mol. The summed E-state index contributed by atoms with van der Waals surface area (Å²) in [4.78, 5) is 31.0. The number of hydrogen-bond donors (Lipinski definition) is 1. The first kappa shape index (κ1) is 15.3. The highest BCUT2D eigenvalue weighted by atomic mass is 16.2. The Bertz CT molecular complexity index is 693. The number of carbonyl (C=O) groups is 2. The molecule has 1 saturated heterocycles. The second-order valence-corrected chi connectivity index (χ2v) is 5.78. The zero-order valence-electron chi connectivity index (χ0n) is 13.3. The fourth-order valence-corrected chi connectivity index (χ4v) is 2.91. The molecule has 1 aliphatic heterocycles. The predicted octanol–water partition coefficient (Wildman–Crippen LogP) is 2.26. The Hall–Kier alpha value is -2.56. The first-order valence-corrected chi connectivity index (χ1v) is 7.95. The van der Waals surface area contributed by atoms with E-state index < -0.39 is 0 Å². The van der Waals surface area contributed by atoms with Gasteiger partial charge in [-0.05, 0) is 17.5 Å². The van der Waals surface area contributed by atoms with Gasteiger partial charge < -0.3 is 14.8 Å². The molecule has 0 aliphatic carbocycles. The fourth-order valence-electron chi connectivity index (χ4n) is 2.91. The van der Waals surface area contributed by atoms with Crippen LogP contribution in [0.5, 0.6) is 0 Å². The summed E-state index contributed by atoms with van der Waals surface area (Å²) in [5, 5.41) is 0. The van der Waals surface area contributed by atoms with E-state index in [-0.39, 0.29) is 11.8 Å². The molecular formula is C18H21N3O2. The first-order chi connectivity index (χ1) is 11.2. The molecule has 2 aromatic rings. The van der Waals surface area contributed by atoms with Crippen molar-refractivity contribution in [2.45, 2.75) is 19.8 Å². The summed E-state index contributed by atoms with van der Waals surface area (Å²) in [6.07, 6.45) is 4.83. The standard InChI is InChI=1S/C18H21N3O2/c1-2-17(22)20-8-9-21(13-20)18(23)16-12-19-11-15(16)10-14-6-4-3-5-7-14/h3-7,11-12,19H,2,8-10,13H2,1H3. The first-order valence-electron chi connectivity index (χ1n) is 7.95. The Labute approximate surface area is 135 Å². The summed E-state index contributed by atoms with van der Waals surface area (Å²) < 4.78 is 0. The average Bonchev–Trinajstić information content (AvgIpc) is 3.24. The maximum absolute atomic E-state index is 12.7. The highest BCUT2D eigenvalue weighted by Crippen LogP contribution is 2.18. The second-order valence-electron chi connectivity index (χ2n) is 5.78. The number of benzene rings is 1. The van der Waals surface area contributed by atoms with Gasteiger partial charge in [0.15, 0.2) is 0 Å². The van der Waals surface area contributed by atoms with Crippen LogP contribution in [0.3, 0.4) is 0 Å². The third kappa shape index (κ3) is 3.28. The predicted molar refractivity (Wildman–Crippen MR) is 87.9 cm³/mol. The number of aromatic nitrogens is 1. The van der Waals surface area contributed by atoms with E-state index in [4.69, 9.17) is 0 Å². The number of nitrogens with one attached hydrogen (secondary N) is 1. The molecule has 0 spiro atoms. The molecule has 0 unspecified atom stereocenters. The molecule has 120 valence electrons. The second kappa shape index (κ2) is 6.69. The van der Waals surface area contributed by atoms with Crippen LogP contribution in [0.4, 0.5) is 0 Å². The van der Waals surface area contributed by atoms with Crippen LogP contribution in [0.1, 0.15) is 34.8 Å². The number of H-pyrrole nitrogens is 1. The molecule has 1 aliphatic rings. The lowest BCUT2D eigenvalue weighted by molar-refractivity contribution is -0.130. The molecule has 2 heterocycles. The van der Waals surface area contributed by atoms with E-state index in [2.05, 4.69) is 17.1 Å². The molecule has 23 heavy (non-hydrogen) atoms. The van der Waals surface area contributed by atoms with Gasteiger partial charge in [-0.2, -0.15) is 0 Å². The number of aromatic amines is 1. The molecule has 1 fully saturated rings. The Morgan fingerprint density at radius 3 is 2.57 bits per heavy atom. The molecule has 0 atom stereocenters. The van der Waals surface area contributed by atoms with Crippen molar-refractivity contribution in [1.82, 2.24) is 14.8 Å². The largest absolute Gasteiger partial charge is 0.367 e. The normalized spacial score (nSPS) is 14.3. The minimum atomic E-state index is -0.0106. The maximum Gasteiger partial charge on any atom is 0.257 e. The summed E-state index contributed by atoms with van der Waals surface area (Å²) in [6, 6.07) is 10.1. The van der Waals surface area contributed by atoms with Crippen LogP contribution in [0, 0.1) is 0 Å². The topological polar surface area (TPSA) is 56.4 Å². The molecule has 1 aromatic carbocycles. The summed E-state index contributed by atoms with van der Waals surface area (Å²) in [7, 11) is 0. The molecule has 0 bridgehead atoms. The van der Waals surface area contributed by atoms with Gasteiger partial charge in [-0.3, -0.25) is 9.59 Å². The van der Waals surface area contributed by atoms with Gasteiger partial charge in [0.2, 0.25) is 5.91 Å². The highest BCUT2D eigenvalue weighted by Gasteiger charge is 2.28. The molecule has 5 nitrogen and oxygen atoms in total. The highest BCUT2D eigenvalue weighted by molar-refractivity contribution is 5.96. The third-order valence-electron chi connectivity index (χ3n) is 4.22. The van der Waals surface area contributed by atoms with Crippen molar-refractivity contribution in [1.29, 1.82) is 0 Å². The minimum absolute atomic E-state index is 0.0106. The molecule has 3 rings (SSSR count). The van der Waals surface area contributed by atoms with E-state index >= 15 is 0 Å². The molecule has 1 aromatic heterocycles. The number of carbonyl (C=O) groups excluding carboxylic acids is 2. The van der Waals surface area contributed by atoms with Crippen LogP contribution in [-0.2, 0) is 11.2 Å². The summed E-state index contributed by atoms with van der Waals surface area (Å²) >= 11 is 0. The van der Waals surface area contributed by atoms with Crippen LogP contribution < -0.4 is 0 Å². The SMILES string of the molecule is CCC(=O)N1CCN(C(=O)c2c[nH]cc2Cc2ccccc2)C1. The smallest absolute Gasteiger partial charge is 0.257 e. The van der Waals surface area contributed by atoms with Gasteiger partial charge in [0.05, 0.1) is 12.2 Å². The van der Waals surface area contributed by atoms with E-state index in [0.29, 0.717) is 31.7 Å². The summed E-state index contributed by atoms with van der Waals surface area (Å²) in [5.74, 6) is 0.0856. The number of amides is 2. The van der Waals surface area contributed by atoms with E-state index in [1.54, 1.807) is 16.0 Å². The molecule has 5 heteroatoms.